The van der Waals surface area contributed by atoms with Gasteiger partial charge in [-0.05, 0) is 43.4 Å². The van der Waals surface area contributed by atoms with Crippen molar-refractivity contribution in [1.82, 2.24) is 4.72 Å². The van der Waals surface area contributed by atoms with Gasteiger partial charge in [-0.1, -0.05) is 0 Å². The van der Waals surface area contributed by atoms with Gasteiger partial charge in [0.25, 0.3) is 0 Å². The van der Waals surface area contributed by atoms with Gasteiger partial charge in [0, 0.05) is 12.6 Å². The fourth-order valence-corrected chi connectivity index (χ4v) is 3.32. The monoisotopic (exact) mass is 290 g/mol. The smallest absolute Gasteiger partial charge is 0.243 e. The van der Waals surface area contributed by atoms with Crippen molar-refractivity contribution in [2.45, 2.75) is 30.7 Å². The van der Waals surface area contributed by atoms with E-state index in [-0.39, 0.29) is 18.0 Å². The summed E-state index contributed by atoms with van der Waals surface area (Å²) < 4.78 is 53.5. The van der Waals surface area contributed by atoms with Crippen LogP contribution in [0.4, 0.5) is 8.78 Å². The highest BCUT2D eigenvalue weighted by molar-refractivity contribution is 7.89. The predicted molar refractivity (Wildman–Crippen MR) is 67.0 cm³/mol. The van der Waals surface area contributed by atoms with Crippen molar-refractivity contribution in [3.8, 4) is 0 Å². The zero-order valence-electron chi connectivity index (χ0n) is 10.5. The van der Waals surface area contributed by atoms with Gasteiger partial charge in [0.1, 0.15) is 16.5 Å². The molecule has 1 saturated carbocycles. The first kappa shape index (κ1) is 14.4. The first-order valence-electron chi connectivity index (χ1n) is 6.03. The second-order valence-electron chi connectivity index (χ2n) is 4.83. The number of benzene rings is 1. The summed E-state index contributed by atoms with van der Waals surface area (Å²) in [5, 5.41) is 0. The average molecular weight is 290 g/mol. The Morgan fingerprint density at radius 2 is 2.00 bits per heavy atom. The van der Waals surface area contributed by atoms with Crippen molar-refractivity contribution in [2.75, 3.05) is 6.54 Å². The van der Waals surface area contributed by atoms with Crippen LogP contribution in [0.15, 0.2) is 17.0 Å². The summed E-state index contributed by atoms with van der Waals surface area (Å²) in [5.74, 6) is -1.52. The first-order chi connectivity index (χ1) is 8.85. The van der Waals surface area contributed by atoms with E-state index in [0.717, 1.165) is 18.9 Å². The Morgan fingerprint density at radius 3 is 2.53 bits per heavy atom. The first-order valence-corrected chi connectivity index (χ1v) is 7.51. The molecule has 4 nitrogen and oxygen atoms in total. The third kappa shape index (κ3) is 3.10. The van der Waals surface area contributed by atoms with Crippen molar-refractivity contribution in [3.05, 3.63) is 29.3 Å². The van der Waals surface area contributed by atoms with Gasteiger partial charge in [-0.25, -0.2) is 21.9 Å². The molecule has 1 aliphatic rings. The van der Waals surface area contributed by atoms with Gasteiger partial charge in [0.05, 0.1) is 0 Å². The highest BCUT2D eigenvalue weighted by Crippen LogP contribution is 2.33. The van der Waals surface area contributed by atoms with Crippen LogP contribution < -0.4 is 10.5 Å². The zero-order valence-corrected chi connectivity index (χ0v) is 11.3. The van der Waals surface area contributed by atoms with Crippen LogP contribution >= 0.6 is 0 Å². The number of halogens is 2. The molecule has 7 heteroatoms. The number of hydrogen-bond donors (Lipinski definition) is 2. The molecule has 1 aromatic carbocycles. The van der Waals surface area contributed by atoms with Gasteiger partial charge in [-0.15, -0.1) is 0 Å². The van der Waals surface area contributed by atoms with Gasteiger partial charge in [0.15, 0.2) is 0 Å². The molecule has 1 aromatic rings. The highest BCUT2D eigenvalue weighted by atomic mass is 32.2. The second-order valence-corrected chi connectivity index (χ2v) is 6.52. The number of sulfonamides is 1. The standard InChI is InChI=1S/C12H16F2N2O2S/c1-7-4-10(14)12(5-9(7)13)19(17,18)16-11(6-15)8-2-3-8/h4-5,8,11,16H,2-3,6,15H2,1H3. The minimum Gasteiger partial charge on any atom is -0.329 e. The molecule has 0 heterocycles. The summed E-state index contributed by atoms with van der Waals surface area (Å²) >= 11 is 0. The van der Waals surface area contributed by atoms with E-state index in [2.05, 4.69) is 4.72 Å². The summed E-state index contributed by atoms with van der Waals surface area (Å²) in [6, 6.07) is 1.15. The second kappa shape index (κ2) is 5.15. The fourth-order valence-electron chi connectivity index (χ4n) is 1.93. The fraction of sp³-hybridized carbons (Fsp3) is 0.500. The minimum atomic E-state index is -4.09. The molecular formula is C12H16F2N2O2S. The van der Waals surface area contributed by atoms with Crippen molar-refractivity contribution < 1.29 is 17.2 Å². The molecule has 0 saturated heterocycles. The quantitative estimate of drug-likeness (QED) is 0.858. The maximum Gasteiger partial charge on any atom is 0.243 e. The van der Waals surface area contributed by atoms with Crippen LogP contribution in [-0.4, -0.2) is 21.0 Å². The molecule has 1 unspecified atom stereocenters. The average Bonchev–Trinajstić information content (AvgIpc) is 3.14. The lowest BCUT2D eigenvalue weighted by Crippen LogP contribution is -2.41. The van der Waals surface area contributed by atoms with E-state index in [1.54, 1.807) is 0 Å². The molecule has 1 aliphatic carbocycles. The molecule has 0 aliphatic heterocycles. The molecule has 3 N–H and O–H groups in total. The van der Waals surface area contributed by atoms with Crippen molar-refractivity contribution >= 4 is 10.0 Å². The Kier molecular flexibility index (Phi) is 3.89. The molecule has 0 radical (unpaired) electrons. The third-order valence-corrected chi connectivity index (χ3v) is 4.76. The maximum absolute atomic E-state index is 13.7. The van der Waals surface area contributed by atoms with Crippen LogP contribution in [0, 0.1) is 24.5 Å². The topological polar surface area (TPSA) is 72.2 Å². The Balaban J connectivity index is 2.31. The Hall–Kier alpha value is -1.05. The lowest BCUT2D eigenvalue weighted by atomic mass is 10.2. The minimum absolute atomic E-state index is 0.0639. The third-order valence-electron chi connectivity index (χ3n) is 3.25. The molecule has 2 rings (SSSR count). The van der Waals surface area contributed by atoms with E-state index < -0.39 is 32.6 Å². The van der Waals surface area contributed by atoms with Crippen LogP contribution in [-0.2, 0) is 10.0 Å². The highest BCUT2D eigenvalue weighted by Gasteiger charge is 2.34. The van der Waals surface area contributed by atoms with Gasteiger partial charge in [-0.2, -0.15) is 0 Å². The lowest BCUT2D eigenvalue weighted by molar-refractivity contribution is 0.507. The molecule has 0 amide bonds. The van der Waals surface area contributed by atoms with Crippen LogP contribution in [0.5, 0.6) is 0 Å². The molecule has 0 spiro atoms. The van der Waals surface area contributed by atoms with E-state index in [1.807, 2.05) is 0 Å². The summed E-state index contributed by atoms with van der Waals surface area (Å²) in [7, 11) is -4.09. The maximum atomic E-state index is 13.7. The molecule has 1 fully saturated rings. The number of rotatable bonds is 5. The van der Waals surface area contributed by atoms with Crippen LogP contribution in [0.3, 0.4) is 0 Å². The van der Waals surface area contributed by atoms with Crippen LogP contribution in [0.25, 0.3) is 0 Å². The molecule has 106 valence electrons. The van der Waals surface area contributed by atoms with Crippen molar-refractivity contribution in [2.24, 2.45) is 11.7 Å². The van der Waals surface area contributed by atoms with Crippen LogP contribution in [0.2, 0.25) is 0 Å². The number of aryl methyl sites for hydroxylation is 1. The number of hydrogen-bond acceptors (Lipinski definition) is 3. The Bertz CT molecular complexity index is 586. The SMILES string of the molecule is Cc1cc(F)c(S(=O)(=O)NC(CN)C2CC2)cc1F. The van der Waals surface area contributed by atoms with Gasteiger partial charge in [0.2, 0.25) is 10.0 Å². The molecule has 1 atom stereocenters. The van der Waals surface area contributed by atoms with Gasteiger partial charge < -0.3 is 5.73 Å². The molecule has 19 heavy (non-hydrogen) atoms. The predicted octanol–water partition coefficient (Wildman–Crippen LogP) is 1.29. The summed E-state index contributed by atoms with van der Waals surface area (Å²) in [5.41, 5.74) is 5.56. The molecular weight excluding hydrogens is 274 g/mol. The van der Waals surface area contributed by atoms with E-state index in [4.69, 9.17) is 5.73 Å². The van der Waals surface area contributed by atoms with Crippen molar-refractivity contribution in [1.29, 1.82) is 0 Å². The number of nitrogens with two attached hydrogens (primary N) is 1. The van der Waals surface area contributed by atoms with E-state index >= 15 is 0 Å². The van der Waals surface area contributed by atoms with E-state index in [1.165, 1.54) is 6.92 Å². The van der Waals surface area contributed by atoms with Crippen molar-refractivity contribution in [3.63, 3.8) is 0 Å². The van der Waals surface area contributed by atoms with E-state index in [9.17, 15) is 17.2 Å². The largest absolute Gasteiger partial charge is 0.329 e. The van der Waals surface area contributed by atoms with Gasteiger partial charge >= 0.3 is 0 Å². The molecule has 0 bridgehead atoms. The number of nitrogens with one attached hydrogen (secondary N) is 1. The molecule has 0 aromatic heterocycles. The van der Waals surface area contributed by atoms with Gasteiger partial charge in [-0.3, -0.25) is 0 Å². The van der Waals surface area contributed by atoms with E-state index in [0.29, 0.717) is 6.07 Å². The summed E-state index contributed by atoms with van der Waals surface area (Å²) in [4.78, 5) is -0.672. The lowest BCUT2D eigenvalue weighted by Gasteiger charge is -2.16. The zero-order chi connectivity index (χ0) is 14.2. The van der Waals surface area contributed by atoms with Crippen LogP contribution in [0.1, 0.15) is 18.4 Å². The summed E-state index contributed by atoms with van der Waals surface area (Å²) in [6.07, 6.45) is 1.80. The normalized spacial score (nSPS) is 17.5. The Labute approximate surface area is 111 Å². The Morgan fingerprint density at radius 1 is 1.37 bits per heavy atom. The summed E-state index contributed by atoms with van der Waals surface area (Å²) in [6.45, 7) is 1.51.